The van der Waals surface area contributed by atoms with Gasteiger partial charge in [0.1, 0.15) is 0 Å². The SMILES string of the molecule is Cc1ccc(C(=O)O)cc1NC(=O)Nc1ccc(Cl)cc1. The number of carbonyl (C=O) groups excluding carboxylic acids is 1. The summed E-state index contributed by atoms with van der Waals surface area (Å²) in [5.74, 6) is -1.05. The van der Waals surface area contributed by atoms with Crippen molar-refractivity contribution < 1.29 is 14.7 Å². The summed E-state index contributed by atoms with van der Waals surface area (Å²) in [6, 6.07) is 10.7. The predicted molar refractivity (Wildman–Crippen MR) is 82.2 cm³/mol. The lowest BCUT2D eigenvalue weighted by Gasteiger charge is -2.10. The van der Waals surface area contributed by atoms with Crippen LogP contribution in [0.25, 0.3) is 0 Å². The van der Waals surface area contributed by atoms with E-state index in [2.05, 4.69) is 10.6 Å². The molecule has 0 aliphatic heterocycles. The van der Waals surface area contributed by atoms with E-state index in [9.17, 15) is 9.59 Å². The van der Waals surface area contributed by atoms with E-state index in [0.717, 1.165) is 5.56 Å². The number of hydrogen-bond acceptors (Lipinski definition) is 2. The largest absolute Gasteiger partial charge is 0.478 e. The zero-order valence-corrected chi connectivity index (χ0v) is 11.9. The molecule has 2 rings (SSSR count). The minimum atomic E-state index is -1.05. The second-order valence-corrected chi connectivity index (χ2v) is 4.86. The molecular formula is C15H13ClN2O3. The van der Waals surface area contributed by atoms with Crippen molar-refractivity contribution in [1.29, 1.82) is 0 Å². The molecule has 0 saturated heterocycles. The van der Waals surface area contributed by atoms with E-state index in [-0.39, 0.29) is 5.56 Å². The fourth-order valence-electron chi connectivity index (χ4n) is 1.71. The number of nitrogens with one attached hydrogen (secondary N) is 2. The Morgan fingerprint density at radius 2 is 1.71 bits per heavy atom. The number of carboxylic acids is 1. The van der Waals surface area contributed by atoms with Crippen LogP contribution in [-0.2, 0) is 0 Å². The molecule has 5 nitrogen and oxygen atoms in total. The zero-order chi connectivity index (χ0) is 15.4. The average molecular weight is 305 g/mol. The number of amides is 2. The summed E-state index contributed by atoms with van der Waals surface area (Å²) < 4.78 is 0. The maximum atomic E-state index is 11.9. The Hall–Kier alpha value is -2.53. The Labute approximate surface area is 126 Å². The van der Waals surface area contributed by atoms with Gasteiger partial charge in [0.05, 0.1) is 5.56 Å². The van der Waals surface area contributed by atoms with Gasteiger partial charge in [-0.1, -0.05) is 17.7 Å². The van der Waals surface area contributed by atoms with Crippen LogP contribution in [0.3, 0.4) is 0 Å². The molecule has 2 aromatic rings. The topological polar surface area (TPSA) is 78.4 Å². The van der Waals surface area contributed by atoms with Gasteiger partial charge < -0.3 is 15.7 Å². The van der Waals surface area contributed by atoms with Crippen LogP contribution in [0.4, 0.5) is 16.2 Å². The standard InChI is InChI=1S/C15H13ClN2O3/c1-9-2-3-10(14(19)20)8-13(9)18-15(21)17-12-6-4-11(16)5-7-12/h2-8H,1H3,(H,19,20)(H2,17,18,21). The molecule has 2 amide bonds. The number of urea groups is 1. The highest BCUT2D eigenvalue weighted by molar-refractivity contribution is 6.30. The monoisotopic (exact) mass is 304 g/mol. The number of carbonyl (C=O) groups is 2. The van der Waals surface area contributed by atoms with Crippen LogP contribution >= 0.6 is 11.6 Å². The summed E-state index contributed by atoms with van der Waals surface area (Å²) in [7, 11) is 0. The van der Waals surface area contributed by atoms with Crippen molar-refractivity contribution in [2.45, 2.75) is 6.92 Å². The summed E-state index contributed by atoms with van der Waals surface area (Å²) in [6.45, 7) is 1.78. The van der Waals surface area contributed by atoms with Crippen molar-refractivity contribution in [2.24, 2.45) is 0 Å². The summed E-state index contributed by atoms with van der Waals surface area (Å²) in [5.41, 5.74) is 1.92. The number of aryl methyl sites for hydroxylation is 1. The van der Waals surface area contributed by atoms with Crippen LogP contribution in [0.5, 0.6) is 0 Å². The highest BCUT2D eigenvalue weighted by Crippen LogP contribution is 2.18. The number of rotatable bonds is 3. The van der Waals surface area contributed by atoms with E-state index in [1.54, 1.807) is 37.3 Å². The van der Waals surface area contributed by atoms with Gasteiger partial charge in [0.25, 0.3) is 0 Å². The number of anilines is 2. The number of hydrogen-bond donors (Lipinski definition) is 3. The van der Waals surface area contributed by atoms with Crippen molar-refractivity contribution in [3.8, 4) is 0 Å². The highest BCUT2D eigenvalue weighted by atomic mass is 35.5. The molecule has 0 aliphatic rings. The lowest BCUT2D eigenvalue weighted by atomic mass is 10.1. The van der Waals surface area contributed by atoms with E-state index >= 15 is 0 Å². The maximum Gasteiger partial charge on any atom is 0.335 e. The zero-order valence-electron chi connectivity index (χ0n) is 11.2. The van der Waals surface area contributed by atoms with Gasteiger partial charge >= 0.3 is 12.0 Å². The van der Waals surface area contributed by atoms with Crippen molar-refractivity contribution in [3.05, 3.63) is 58.6 Å². The van der Waals surface area contributed by atoms with E-state index in [0.29, 0.717) is 16.4 Å². The van der Waals surface area contributed by atoms with Crippen molar-refractivity contribution >= 4 is 35.0 Å². The summed E-state index contributed by atoms with van der Waals surface area (Å²) in [6.07, 6.45) is 0. The normalized spacial score (nSPS) is 10.0. The molecule has 0 bridgehead atoms. The molecule has 6 heteroatoms. The Bertz CT molecular complexity index is 684. The molecule has 3 N–H and O–H groups in total. The Kier molecular flexibility index (Phi) is 4.45. The minimum Gasteiger partial charge on any atom is -0.478 e. The molecule has 0 heterocycles. The van der Waals surface area contributed by atoms with Crippen LogP contribution in [0.2, 0.25) is 5.02 Å². The Balaban J connectivity index is 2.10. The number of carboxylic acid groups (broad SMARTS) is 1. The lowest BCUT2D eigenvalue weighted by Crippen LogP contribution is -2.20. The van der Waals surface area contributed by atoms with Crippen LogP contribution in [-0.4, -0.2) is 17.1 Å². The molecule has 0 unspecified atom stereocenters. The van der Waals surface area contributed by atoms with E-state index in [4.69, 9.17) is 16.7 Å². The molecular weight excluding hydrogens is 292 g/mol. The first-order chi connectivity index (χ1) is 9.95. The van der Waals surface area contributed by atoms with Crippen molar-refractivity contribution in [1.82, 2.24) is 0 Å². The minimum absolute atomic E-state index is 0.113. The molecule has 2 aromatic carbocycles. The van der Waals surface area contributed by atoms with Gasteiger partial charge in [-0.05, 0) is 48.9 Å². The molecule has 0 fully saturated rings. The first-order valence-electron chi connectivity index (χ1n) is 6.13. The van der Waals surface area contributed by atoms with Crippen molar-refractivity contribution in [3.63, 3.8) is 0 Å². The third kappa shape index (κ3) is 3.97. The molecule has 0 saturated carbocycles. The molecule has 0 aliphatic carbocycles. The molecule has 0 radical (unpaired) electrons. The lowest BCUT2D eigenvalue weighted by molar-refractivity contribution is 0.0697. The maximum absolute atomic E-state index is 11.9. The molecule has 21 heavy (non-hydrogen) atoms. The third-order valence-corrected chi connectivity index (χ3v) is 3.09. The second kappa shape index (κ2) is 6.28. The fraction of sp³-hybridized carbons (Fsp3) is 0.0667. The van der Waals surface area contributed by atoms with E-state index in [1.165, 1.54) is 12.1 Å². The van der Waals surface area contributed by atoms with Gasteiger partial charge in [-0.3, -0.25) is 0 Å². The number of benzene rings is 2. The first kappa shape index (κ1) is 14.9. The van der Waals surface area contributed by atoms with Crippen LogP contribution < -0.4 is 10.6 Å². The molecule has 0 aromatic heterocycles. The molecule has 0 atom stereocenters. The van der Waals surface area contributed by atoms with Gasteiger partial charge in [0.15, 0.2) is 0 Å². The highest BCUT2D eigenvalue weighted by Gasteiger charge is 2.09. The summed E-state index contributed by atoms with van der Waals surface area (Å²) in [5, 5.41) is 14.8. The summed E-state index contributed by atoms with van der Waals surface area (Å²) in [4.78, 5) is 22.8. The Morgan fingerprint density at radius 1 is 1.05 bits per heavy atom. The van der Waals surface area contributed by atoms with Crippen LogP contribution in [0.1, 0.15) is 15.9 Å². The smallest absolute Gasteiger partial charge is 0.335 e. The number of halogens is 1. The van der Waals surface area contributed by atoms with Gasteiger partial charge in [0.2, 0.25) is 0 Å². The van der Waals surface area contributed by atoms with Gasteiger partial charge in [-0.2, -0.15) is 0 Å². The van der Waals surface area contributed by atoms with Gasteiger partial charge in [-0.15, -0.1) is 0 Å². The Morgan fingerprint density at radius 3 is 2.33 bits per heavy atom. The average Bonchev–Trinajstić information content (AvgIpc) is 2.43. The molecule has 108 valence electrons. The van der Waals surface area contributed by atoms with Gasteiger partial charge in [-0.25, -0.2) is 9.59 Å². The van der Waals surface area contributed by atoms with Crippen LogP contribution in [0.15, 0.2) is 42.5 Å². The predicted octanol–water partition coefficient (Wildman–Crippen LogP) is 3.99. The van der Waals surface area contributed by atoms with E-state index in [1.807, 2.05) is 0 Å². The van der Waals surface area contributed by atoms with Crippen molar-refractivity contribution in [2.75, 3.05) is 10.6 Å². The van der Waals surface area contributed by atoms with Gasteiger partial charge in [0, 0.05) is 16.4 Å². The van der Waals surface area contributed by atoms with Crippen LogP contribution in [0, 0.1) is 6.92 Å². The molecule has 0 spiro atoms. The first-order valence-corrected chi connectivity index (χ1v) is 6.51. The number of aromatic carboxylic acids is 1. The summed E-state index contributed by atoms with van der Waals surface area (Å²) >= 11 is 5.76. The fourth-order valence-corrected chi connectivity index (χ4v) is 1.83. The van der Waals surface area contributed by atoms with E-state index < -0.39 is 12.0 Å². The third-order valence-electron chi connectivity index (χ3n) is 2.83. The second-order valence-electron chi connectivity index (χ2n) is 4.42. The quantitative estimate of drug-likeness (QED) is 0.802.